The summed E-state index contributed by atoms with van der Waals surface area (Å²) in [6, 6.07) is 0. The summed E-state index contributed by atoms with van der Waals surface area (Å²) in [6.07, 6.45) is 0. The summed E-state index contributed by atoms with van der Waals surface area (Å²) < 4.78 is 4.79. The highest BCUT2D eigenvalue weighted by Crippen LogP contribution is 2.12. The number of carbonyl (C=O) groups is 1. The molecule has 1 heterocycles. The number of carbonyl (C=O) groups excluding carboxylic acids is 1. The van der Waals surface area contributed by atoms with E-state index in [4.69, 9.17) is 10.5 Å². The van der Waals surface area contributed by atoms with Crippen molar-refractivity contribution in [2.24, 2.45) is 5.16 Å². The zero-order chi connectivity index (χ0) is 11.3. The van der Waals surface area contributed by atoms with Gasteiger partial charge in [0.25, 0.3) is 0 Å². The molecule has 0 spiro atoms. The van der Waals surface area contributed by atoms with E-state index < -0.39 is 0 Å². The van der Waals surface area contributed by atoms with Gasteiger partial charge in [0, 0.05) is 12.3 Å². The molecule has 0 aliphatic rings. The van der Waals surface area contributed by atoms with Crippen molar-refractivity contribution in [3.8, 4) is 0 Å². The van der Waals surface area contributed by atoms with Crippen LogP contribution in [0.25, 0.3) is 0 Å². The Kier molecular flexibility index (Phi) is 4.04. The van der Waals surface area contributed by atoms with Gasteiger partial charge in [0.2, 0.25) is 0 Å². The normalized spacial score (nSPS) is 11.2. The van der Waals surface area contributed by atoms with Crippen molar-refractivity contribution in [3.63, 3.8) is 0 Å². The van der Waals surface area contributed by atoms with Gasteiger partial charge in [0.15, 0.2) is 5.13 Å². The SMILES string of the molecule is CON=C(COC(C)=O)c1csc(N)n1. The standard InChI is InChI=1S/C8H11N3O3S/c1-5(12)14-3-6(11-13-2)7-4-15-8(9)10-7/h4H,3H2,1-2H3,(H2,9,10). The molecule has 0 aliphatic heterocycles. The first-order valence-corrected chi connectivity index (χ1v) is 4.96. The Labute approximate surface area is 90.7 Å². The first-order chi connectivity index (χ1) is 7.13. The maximum absolute atomic E-state index is 10.6. The fourth-order valence-corrected chi connectivity index (χ4v) is 1.42. The van der Waals surface area contributed by atoms with E-state index in [2.05, 4.69) is 15.0 Å². The molecule has 0 bridgehead atoms. The van der Waals surface area contributed by atoms with Gasteiger partial charge in [-0.1, -0.05) is 5.16 Å². The summed E-state index contributed by atoms with van der Waals surface area (Å²) in [5, 5.41) is 5.85. The van der Waals surface area contributed by atoms with Crippen LogP contribution in [-0.4, -0.2) is 30.4 Å². The fraction of sp³-hybridized carbons (Fsp3) is 0.375. The fourth-order valence-electron chi connectivity index (χ4n) is 0.847. The topological polar surface area (TPSA) is 86.8 Å². The third-order valence-electron chi connectivity index (χ3n) is 1.43. The lowest BCUT2D eigenvalue weighted by molar-refractivity contribution is -0.139. The van der Waals surface area contributed by atoms with Crippen molar-refractivity contribution < 1.29 is 14.4 Å². The molecule has 0 radical (unpaired) electrons. The molecule has 6 nitrogen and oxygen atoms in total. The van der Waals surface area contributed by atoms with Gasteiger partial charge in [-0.05, 0) is 0 Å². The van der Waals surface area contributed by atoms with E-state index >= 15 is 0 Å². The average molecular weight is 229 g/mol. The molecule has 15 heavy (non-hydrogen) atoms. The second-order valence-corrected chi connectivity index (χ2v) is 3.46. The monoisotopic (exact) mass is 229 g/mol. The van der Waals surface area contributed by atoms with E-state index in [-0.39, 0.29) is 12.6 Å². The van der Waals surface area contributed by atoms with Crippen LogP contribution in [0.4, 0.5) is 5.13 Å². The number of rotatable bonds is 4. The van der Waals surface area contributed by atoms with E-state index in [1.807, 2.05) is 0 Å². The molecule has 0 fully saturated rings. The minimum absolute atomic E-state index is 0.0202. The maximum atomic E-state index is 10.6. The summed E-state index contributed by atoms with van der Waals surface area (Å²) in [6.45, 7) is 1.34. The van der Waals surface area contributed by atoms with Crippen LogP contribution < -0.4 is 5.73 Å². The lowest BCUT2D eigenvalue weighted by atomic mass is 10.3. The van der Waals surface area contributed by atoms with Gasteiger partial charge in [0.1, 0.15) is 25.1 Å². The Morgan fingerprint density at radius 1 is 1.73 bits per heavy atom. The van der Waals surface area contributed by atoms with E-state index in [9.17, 15) is 4.79 Å². The van der Waals surface area contributed by atoms with Crippen LogP contribution in [0.1, 0.15) is 12.6 Å². The van der Waals surface area contributed by atoms with E-state index in [1.54, 1.807) is 5.38 Å². The predicted octanol–water partition coefficient (Wildman–Crippen LogP) is 0.639. The molecule has 0 unspecified atom stereocenters. The molecule has 1 aromatic heterocycles. The van der Waals surface area contributed by atoms with Gasteiger partial charge in [-0.25, -0.2) is 4.98 Å². The maximum Gasteiger partial charge on any atom is 0.303 e. The lowest BCUT2D eigenvalue weighted by Gasteiger charge is -2.02. The summed E-state index contributed by atoms with van der Waals surface area (Å²) in [4.78, 5) is 19.3. The van der Waals surface area contributed by atoms with E-state index in [0.29, 0.717) is 16.5 Å². The summed E-state index contributed by atoms with van der Waals surface area (Å²) >= 11 is 1.28. The Hall–Kier alpha value is -1.63. The molecule has 0 atom stereocenters. The van der Waals surface area contributed by atoms with Crippen molar-refractivity contribution in [2.45, 2.75) is 6.92 Å². The number of esters is 1. The smallest absolute Gasteiger partial charge is 0.303 e. The number of hydrogen-bond acceptors (Lipinski definition) is 7. The van der Waals surface area contributed by atoms with Crippen LogP contribution in [0.15, 0.2) is 10.5 Å². The van der Waals surface area contributed by atoms with Crippen LogP contribution >= 0.6 is 11.3 Å². The molecule has 1 aromatic rings. The van der Waals surface area contributed by atoms with Gasteiger partial charge in [-0.3, -0.25) is 4.79 Å². The minimum atomic E-state index is -0.387. The molecule has 0 amide bonds. The minimum Gasteiger partial charge on any atom is -0.459 e. The number of nitrogen functional groups attached to an aromatic ring is 1. The highest BCUT2D eigenvalue weighted by Gasteiger charge is 2.10. The van der Waals surface area contributed by atoms with Crippen LogP contribution in [0.2, 0.25) is 0 Å². The average Bonchev–Trinajstić information content (AvgIpc) is 2.59. The molecule has 0 aliphatic carbocycles. The largest absolute Gasteiger partial charge is 0.459 e. The van der Waals surface area contributed by atoms with Gasteiger partial charge in [-0.15, -0.1) is 11.3 Å². The van der Waals surface area contributed by atoms with Crippen molar-refractivity contribution >= 4 is 28.1 Å². The molecule has 7 heteroatoms. The zero-order valence-electron chi connectivity index (χ0n) is 8.39. The third-order valence-corrected chi connectivity index (χ3v) is 2.11. The van der Waals surface area contributed by atoms with Gasteiger partial charge >= 0.3 is 5.97 Å². The molecule has 0 aromatic carbocycles. The number of nitrogens with zero attached hydrogens (tertiary/aromatic N) is 2. The van der Waals surface area contributed by atoms with Crippen molar-refractivity contribution in [1.82, 2.24) is 4.98 Å². The van der Waals surface area contributed by atoms with Crippen molar-refractivity contribution in [1.29, 1.82) is 0 Å². The first kappa shape index (κ1) is 11.4. The molecule has 2 N–H and O–H groups in total. The Morgan fingerprint density at radius 2 is 2.47 bits per heavy atom. The van der Waals surface area contributed by atoms with Crippen molar-refractivity contribution in [3.05, 3.63) is 11.1 Å². The molecule has 0 saturated heterocycles. The molecule has 0 saturated carbocycles. The van der Waals surface area contributed by atoms with E-state index in [0.717, 1.165) is 0 Å². The van der Waals surface area contributed by atoms with Gasteiger partial charge in [-0.2, -0.15) is 0 Å². The van der Waals surface area contributed by atoms with Crippen LogP contribution in [0.3, 0.4) is 0 Å². The summed E-state index contributed by atoms with van der Waals surface area (Å²) in [5.74, 6) is -0.387. The second kappa shape index (κ2) is 5.30. The number of nitrogens with two attached hydrogens (primary N) is 1. The van der Waals surface area contributed by atoms with Gasteiger partial charge < -0.3 is 15.3 Å². The predicted molar refractivity (Wildman–Crippen MR) is 56.7 cm³/mol. The quantitative estimate of drug-likeness (QED) is 0.465. The van der Waals surface area contributed by atoms with Crippen molar-refractivity contribution in [2.75, 3.05) is 19.5 Å². The number of anilines is 1. The number of hydrogen-bond donors (Lipinski definition) is 1. The number of ether oxygens (including phenoxy) is 1. The molecular formula is C8H11N3O3S. The zero-order valence-corrected chi connectivity index (χ0v) is 9.21. The number of oxime groups is 1. The Morgan fingerprint density at radius 3 is 2.93 bits per heavy atom. The summed E-state index contributed by atoms with van der Waals surface area (Å²) in [7, 11) is 1.41. The van der Waals surface area contributed by atoms with E-state index in [1.165, 1.54) is 25.4 Å². The first-order valence-electron chi connectivity index (χ1n) is 4.08. The molecule has 1 rings (SSSR count). The molecular weight excluding hydrogens is 218 g/mol. The Balaban J connectivity index is 2.75. The highest BCUT2D eigenvalue weighted by molar-refractivity contribution is 7.13. The van der Waals surface area contributed by atoms with Crippen LogP contribution in [-0.2, 0) is 14.4 Å². The highest BCUT2D eigenvalue weighted by atomic mass is 32.1. The number of aromatic nitrogens is 1. The third kappa shape index (κ3) is 3.55. The second-order valence-electron chi connectivity index (χ2n) is 2.57. The number of thiazole rings is 1. The Bertz CT molecular complexity index is 375. The van der Waals surface area contributed by atoms with Crippen LogP contribution in [0, 0.1) is 0 Å². The lowest BCUT2D eigenvalue weighted by Crippen LogP contribution is -2.14. The van der Waals surface area contributed by atoms with Crippen LogP contribution in [0.5, 0.6) is 0 Å². The molecule has 82 valence electrons. The summed E-state index contributed by atoms with van der Waals surface area (Å²) in [5.41, 5.74) is 6.46. The van der Waals surface area contributed by atoms with Gasteiger partial charge in [0.05, 0.1) is 0 Å².